The minimum Gasteiger partial charge on any atom is -0.497 e. The third kappa shape index (κ3) is 11.5. The number of methoxy groups -OCH3 is 4. The van der Waals surface area contributed by atoms with E-state index in [1.54, 1.807) is 53.2 Å². The highest BCUT2D eigenvalue weighted by molar-refractivity contribution is 9.11. The zero-order chi connectivity index (χ0) is 28.6. The van der Waals surface area contributed by atoms with E-state index in [0.717, 1.165) is 66.5 Å². The van der Waals surface area contributed by atoms with Gasteiger partial charge in [0.25, 0.3) is 0 Å². The van der Waals surface area contributed by atoms with Crippen LogP contribution in [0.2, 0.25) is 0 Å². The Hall–Kier alpha value is -2.80. The highest BCUT2D eigenvalue weighted by Gasteiger charge is 2.06. The summed E-state index contributed by atoms with van der Waals surface area (Å²) < 4.78 is 23.0. The monoisotopic (exact) mass is 725 g/mol. The number of nitrogens with two attached hydrogens (primary N) is 1. The maximum Gasteiger partial charge on any atom is 0.127 e. The molecule has 0 amide bonds. The molecule has 0 radical (unpaired) electrons. The summed E-state index contributed by atoms with van der Waals surface area (Å²) in [6, 6.07) is 11.4. The predicted octanol–water partition coefficient (Wildman–Crippen LogP) is 6.21. The van der Waals surface area contributed by atoms with Crippen LogP contribution in [0.5, 0.6) is 23.0 Å². The number of hydrogen-bond donors (Lipinski definition) is 1. The number of aryl methyl sites for hydroxylation is 2. The molecule has 0 atom stereocenters. The molecule has 0 aliphatic heterocycles. The first-order valence-corrected chi connectivity index (χ1v) is 13.9. The third-order valence-corrected chi connectivity index (χ3v) is 6.24. The van der Waals surface area contributed by atoms with Gasteiger partial charge >= 0.3 is 0 Å². The minimum atomic E-state index is 0.479. The maximum absolute atomic E-state index is 5.50. The second kappa shape index (κ2) is 17.7. The molecule has 0 saturated heterocycles. The molecule has 208 valence electrons. The lowest BCUT2D eigenvalue weighted by Crippen LogP contribution is -1.99. The molecule has 4 rings (SSSR count). The average molecular weight is 728 g/mol. The smallest absolute Gasteiger partial charge is 0.127 e. The van der Waals surface area contributed by atoms with Gasteiger partial charge in [-0.05, 0) is 78.3 Å². The molecule has 12 heteroatoms. The number of benzene rings is 2. The first-order chi connectivity index (χ1) is 18.8. The molecule has 0 bridgehead atoms. The predicted molar refractivity (Wildman–Crippen MR) is 162 cm³/mol. The molecular weight excluding hydrogens is 698 g/mol. The molecule has 2 N–H and O–H groups in total. The van der Waals surface area contributed by atoms with Gasteiger partial charge in [-0.1, -0.05) is 12.1 Å². The fourth-order valence-electron chi connectivity index (χ4n) is 3.16. The summed E-state index contributed by atoms with van der Waals surface area (Å²) in [6.45, 7) is 0.479. The van der Waals surface area contributed by atoms with E-state index in [4.69, 9.17) is 24.7 Å². The topological polar surface area (TPSA) is 115 Å². The van der Waals surface area contributed by atoms with Crippen molar-refractivity contribution < 1.29 is 18.9 Å². The van der Waals surface area contributed by atoms with Crippen LogP contribution in [-0.4, -0.2) is 48.4 Å². The van der Waals surface area contributed by atoms with E-state index in [-0.39, 0.29) is 0 Å². The van der Waals surface area contributed by atoms with E-state index < -0.39 is 0 Å². The van der Waals surface area contributed by atoms with Crippen LogP contribution >= 0.6 is 47.8 Å². The summed E-state index contributed by atoms with van der Waals surface area (Å²) in [5.74, 6) is 3.19. The number of hydrogen-bond acceptors (Lipinski definition) is 9. The van der Waals surface area contributed by atoms with Crippen LogP contribution < -0.4 is 24.7 Å². The van der Waals surface area contributed by atoms with Gasteiger partial charge in [0, 0.05) is 30.4 Å². The van der Waals surface area contributed by atoms with Crippen molar-refractivity contribution in [2.75, 3.05) is 28.4 Å². The van der Waals surface area contributed by atoms with Gasteiger partial charge < -0.3 is 24.7 Å². The largest absolute Gasteiger partial charge is 0.497 e. The minimum absolute atomic E-state index is 0.479. The first kappa shape index (κ1) is 32.4. The van der Waals surface area contributed by atoms with Crippen molar-refractivity contribution in [3.05, 3.63) is 91.8 Å². The summed E-state index contributed by atoms with van der Waals surface area (Å²) in [6.07, 6.45) is 8.38. The fraction of sp³-hybridized carbons (Fsp3) is 0.259. The van der Waals surface area contributed by atoms with Crippen LogP contribution in [-0.2, 0) is 19.4 Å². The SMILES string of the molecule is Brc1cncc(Br)n1.COc1ccc(CCc2cncc(Br)n2)c(OC)c1.COc1ccc(CN)c(OC)c1. The molecular formula is C27H30Br3N5O4. The van der Waals surface area contributed by atoms with Crippen molar-refractivity contribution >= 4 is 47.8 Å². The Morgan fingerprint density at radius 3 is 1.54 bits per heavy atom. The molecule has 9 nitrogen and oxygen atoms in total. The molecule has 39 heavy (non-hydrogen) atoms. The van der Waals surface area contributed by atoms with Crippen molar-refractivity contribution in [1.29, 1.82) is 0 Å². The van der Waals surface area contributed by atoms with Crippen LogP contribution in [0.15, 0.2) is 75.0 Å². The maximum atomic E-state index is 5.50. The Bertz CT molecular complexity index is 1300. The molecule has 2 aromatic heterocycles. The van der Waals surface area contributed by atoms with Crippen LogP contribution in [0, 0.1) is 0 Å². The van der Waals surface area contributed by atoms with Crippen molar-refractivity contribution in [3.8, 4) is 23.0 Å². The molecule has 2 aromatic carbocycles. The number of ether oxygens (including phenoxy) is 4. The van der Waals surface area contributed by atoms with Crippen LogP contribution in [0.1, 0.15) is 16.8 Å². The number of rotatable bonds is 8. The number of aromatic nitrogens is 4. The standard InChI is InChI=1S/C14H15BrN2O2.C9H13NO2.C4H2Br2N2/c1-18-12-6-4-10(13(7-12)19-2)3-5-11-8-16-9-14(15)17-11;1-11-8-4-3-7(6-10)9(5-8)12-2;5-3-1-7-2-4(6)8-3/h4,6-9H,3,5H2,1-2H3;3-5H,6,10H2,1-2H3;1-2H. The van der Waals surface area contributed by atoms with Gasteiger partial charge in [-0.2, -0.15) is 0 Å². The van der Waals surface area contributed by atoms with Gasteiger partial charge in [-0.15, -0.1) is 0 Å². The van der Waals surface area contributed by atoms with Crippen molar-refractivity contribution in [1.82, 2.24) is 19.9 Å². The Kier molecular flexibility index (Phi) is 14.7. The van der Waals surface area contributed by atoms with Gasteiger partial charge in [-0.3, -0.25) is 9.97 Å². The van der Waals surface area contributed by atoms with Crippen molar-refractivity contribution in [3.63, 3.8) is 0 Å². The van der Waals surface area contributed by atoms with E-state index in [1.165, 1.54) is 0 Å². The quantitative estimate of drug-likeness (QED) is 0.227. The van der Waals surface area contributed by atoms with Gasteiger partial charge in [0.1, 0.15) is 36.8 Å². The van der Waals surface area contributed by atoms with Gasteiger partial charge in [0.05, 0.1) is 52.7 Å². The molecule has 0 fully saturated rings. The summed E-state index contributed by atoms with van der Waals surface area (Å²) >= 11 is 9.64. The van der Waals surface area contributed by atoms with Crippen LogP contribution in [0.3, 0.4) is 0 Å². The van der Waals surface area contributed by atoms with Crippen LogP contribution in [0.25, 0.3) is 0 Å². The lowest BCUT2D eigenvalue weighted by molar-refractivity contribution is 0.391. The highest BCUT2D eigenvalue weighted by Crippen LogP contribution is 2.26. The molecule has 0 spiro atoms. The Morgan fingerprint density at radius 1 is 0.615 bits per heavy atom. The molecule has 4 aromatic rings. The van der Waals surface area contributed by atoms with Gasteiger partial charge in [0.2, 0.25) is 0 Å². The molecule has 2 heterocycles. The van der Waals surface area contributed by atoms with Gasteiger partial charge in [0.15, 0.2) is 0 Å². The third-order valence-electron chi connectivity index (χ3n) is 5.09. The fourth-order valence-corrected chi connectivity index (χ4v) is 4.36. The van der Waals surface area contributed by atoms with Crippen molar-refractivity contribution in [2.24, 2.45) is 5.73 Å². The normalized spacial score (nSPS) is 9.85. The Morgan fingerprint density at radius 2 is 1.10 bits per heavy atom. The second-order valence-electron chi connectivity index (χ2n) is 7.56. The zero-order valence-corrected chi connectivity index (χ0v) is 26.8. The van der Waals surface area contributed by atoms with E-state index >= 15 is 0 Å². The summed E-state index contributed by atoms with van der Waals surface area (Å²) in [5.41, 5.74) is 8.56. The first-order valence-electron chi connectivity index (χ1n) is 11.5. The number of nitrogens with zero attached hydrogens (tertiary/aromatic N) is 4. The van der Waals surface area contributed by atoms with E-state index in [9.17, 15) is 0 Å². The van der Waals surface area contributed by atoms with Crippen LogP contribution in [0.4, 0.5) is 0 Å². The van der Waals surface area contributed by atoms with E-state index in [2.05, 4.69) is 67.7 Å². The highest BCUT2D eigenvalue weighted by atomic mass is 79.9. The lowest BCUT2D eigenvalue weighted by atomic mass is 10.1. The van der Waals surface area contributed by atoms with Gasteiger partial charge in [-0.25, -0.2) is 9.97 Å². The summed E-state index contributed by atoms with van der Waals surface area (Å²) in [4.78, 5) is 16.2. The summed E-state index contributed by atoms with van der Waals surface area (Å²) in [5, 5.41) is 0. The Labute approximate surface area is 253 Å². The van der Waals surface area contributed by atoms with Crippen molar-refractivity contribution in [2.45, 2.75) is 19.4 Å². The Balaban J connectivity index is 0.000000227. The molecule has 0 saturated carbocycles. The van der Waals surface area contributed by atoms with E-state index in [0.29, 0.717) is 6.54 Å². The lowest BCUT2D eigenvalue weighted by Gasteiger charge is -2.10. The second-order valence-corrected chi connectivity index (χ2v) is 9.99. The number of halogens is 3. The molecule has 0 unspecified atom stereocenters. The molecule has 0 aliphatic carbocycles. The van der Waals surface area contributed by atoms with E-state index in [1.807, 2.05) is 36.4 Å². The zero-order valence-electron chi connectivity index (χ0n) is 22.0. The average Bonchev–Trinajstić information content (AvgIpc) is 2.96. The summed E-state index contributed by atoms with van der Waals surface area (Å²) in [7, 11) is 6.55. The molecule has 0 aliphatic rings.